The van der Waals surface area contributed by atoms with Gasteiger partial charge in [-0.3, -0.25) is 10.1 Å². The molecule has 0 fully saturated rings. The zero-order valence-corrected chi connectivity index (χ0v) is 15.2. The van der Waals surface area contributed by atoms with Gasteiger partial charge in [0, 0.05) is 18.1 Å². The molecule has 2 aromatic carbocycles. The van der Waals surface area contributed by atoms with Gasteiger partial charge < -0.3 is 10.1 Å². The van der Waals surface area contributed by atoms with Crippen LogP contribution in [0.25, 0.3) is 0 Å². The van der Waals surface area contributed by atoms with Gasteiger partial charge in [0.25, 0.3) is 5.69 Å². The summed E-state index contributed by atoms with van der Waals surface area (Å²) in [7, 11) is 0. The van der Waals surface area contributed by atoms with E-state index in [4.69, 9.17) is 4.74 Å². The highest BCUT2D eigenvalue weighted by molar-refractivity contribution is 5.67. The van der Waals surface area contributed by atoms with E-state index >= 15 is 0 Å². The number of benzene rings is 2. The summed E-state index contributed by atoms with van der Waals surface area (Å²) >= 11 is 0. The van der Waals surface area contributed by atoms with E-state index in [1.807, 2.05) is 31.2 Å². The van der Waals surface area contributed by atoms with E-state index in [-0.39, 0.29) is 16.7 Å². The van der Waals surface area contributed by atoms with Gasteiger partial charge in [-0.25, -0.2) is 0 Å². The minimum atomic E-state index is -0.364. The fraction of sp³-hybridized carbons (Fsp3) is 0.273. The molecule has 0 radical (unpaired) electrons. The van der Waals surface area contributed by atoms with E-state index in [2.05, 4.69) is 30.1 Å². The second kappa shape index (κ2) is 6.91. The fourth-order valence-electron chi connectivity index (χ4n) is 4.05. The lowest BCUT2D eigenvalue weighted by molar-refractivity contribution is -0.384. The second-order valence-corrected chi connectivity index (χ2v) is 7.29. The van der Waals surface area contributed by atoms with Crippen molar-refractivity contribution in [2.75, 3.05) is 11.9 Å². The topological polar surface area (TPSA) is 64.4 Å². The molecule has 0 aromatic heterocycles. The van der Waals surface area contributed by atoms with Gasteiger partial charge in [0.15, 0.2) is 0 Å². The zero-order chi connectivity index (χ0) is 19.0. The Bertz CT molecular complexity index is 918. The molecular formula is C22H22N2O3. The van der Waals surface area contributed by atoms with Crippen LogP contribution in [0, 0.1) is 16.0 Å². The SMILES string of the molecule is C=C(C)COc1cccc2c1NC(c1ccc([N+](=O)[O-])cc1)C1CC=CC21. The molecule has 0 bridgehead atoms. The van der Waals surface area contributed by atoms with Crippen molar-refractivity contribution < 1.29 is 9.66 Å². The number of fused-ring (bicyclic) bond motifs is 3. The molecule has 0 amide bonds. The molecule has 2 aromatic rings. The summed E-state index contributed by atoms with van der Waals surface area (Å²) in [5, 5.41) is 14.6. The Hall–Kier alpha value is -3.08. The number of nitro groups is 1. The van der Waals surface area contributed by atoms with Gasteiger partial charge in [0.2, 0.25) is 0 Å². The smallest absolute Gasteiger partial charge is 0.269 e. The lowest BCUT2D eigenvalue weighted by Gasteiger charge is -2.38. The third-order valence-corrected chi connectivity index (χ3v) is 5.30. The molecule has 1 N–H and O–H groups in total. The molecule has 0 spiro atoms. The molecule has 138 valence electrons. The van der Waals surface area contributed by atoms with Gasteiger partial charge >= 0.3 is 0 Å². The van der Waals surface area contributed by atoms with Crippen LogP contribution < -0.4 is 10.1 Å². The average molecular weight is 362 g/mol. The minimum Gasteiger partial charge on any atom is -0.487 e. The first-order chi connectivity index (χ1) is 13.0. The van der Waals surface area contributed by atoms with Crippen LogP contribution in [0.5, 0.6) is 5.75 Å². The molecule has 27 heavy (non-hydrogen) atoms. The van der Waals surface area contributed by atoms with E-state index in [0.29, 0.717) is 18.4 Å². The first-order valence-electron chi connectivity index (χ1n) is 9.12. The fourth-order valence-corrected chi connectivity index (χ4v) is 4.05. The first kappa shape index (κ1) is 17.3. The Kier molecular flexibility index (Phi) is 4.44. The Morgan fingerprint density at radius 2 is 2.07 bits per heavy atom. The van der Waals surface area contributed by atoms with Crippen LogP contribution in [0.2, 0.25) is 0 Å². The van der Waals surface area contributed by atoms with Crippen LogP contribution in [0.3, 0.4) is 0 Å². The monoisotopic (exact) mass is 362 g/mol. The lowest BCUT2D eigenvalue weighted by atomic mass is 9.77. The number of hydrogen-bond donors (Lipinski definition) is 1. The normalized spacial score (nSPS) is 22.5. The molecule has 4 rings (SSSR count). The maximum absolute atomic E-state index is 11.0. The molecule has 5 nitrogen and oxygen atoms in total. The number of para-hydroxylation sites is 1. The van der Waals surface area contributed by atoms with Gasteiger partial charge in [-0.15, -0.1) is 0 Å². The molecule has 0 saturated carbocycles. The summed E-state index contributed by atoms with van der Waals surface area (Å²) < 4.78 is 5.97. The van der Waals surface area contributed by atoms with Crippen LogP contribution in [0.15, 0.2) is 66.8 Å². The van der Waals surface area contributed by atoms with E-state index in [9.17, 15) is 10.1 Å². The van der Waals surface area contributed by atoms with Gasteiger partial charge in [0.05, 0.1) is 16.7 Å². The third kappa shape index (κ3) is 3.21. The molecule has 0 saturated heterocycles. The minimum absolute atomic E-state index is 0.0767. The molecular weight excluding hydrogens is 340 g/mol. The largest absolute Gasteiger partial charge is 0.487 e. The highest BCUT2D eigenvalue weighted by Gasteiger charge is 2.39. The predicted molar refractivity (Wildman–Crippen MR) is 106 cm³/mol. The predicted octanol–water partition coefficient (Wildman–Crippen LogP) is 5.38. The van der Waals surface area contributed by atoms with E-state index in [1.165, 1.54) is 5.56 Å². The molecule has 1 heterocycles. The molecule has 5 heteroatoms. The molecule has 1 aliphatic carbocycles. The maximum atomic E-state index is 11.0. The number of hydrogen-bond acceptors (Lipinski definition) is 4. The Morgan fingerprint density at radius 3 is 2.78 bits per heavy atom. The Morgan fingerprint density at radius 1 is 1.30 bits per heavy atom. The van der Waals surface area contributed by atoms with Crippen molar-refractivity contribution in [2.45, 2.75) is 25.3 Å². The van der Waals surface area contributed by atoms with Crippen LogP contribution >= 0.6 is 0 Å². The summed E-state index contributed by atoms with van der Waals surface area (Å²) in [4.78, 5) is 10.6. The lowest BCUT2D eigenvalue weighted by Crippen LogP contribution is -2.29. The second-order valence-electron chi connectivity index (χ2n) is 7.29. The summed E-state index contributed by atoms with van der Waals surface area (Å²) in [6, 6.07) is 13.1. The van der Waals surface area contributed by atoms with Gasteiger partial charge in [0.1, 0.15) is 12.4 Å². The Labute approximate surface area is 158 Å². The van der Waals surface area contributed by atoms with Gasteiger partial charge in [-0.05, 0) is 42.0 Å². The number of non-ortho nitro benzene ring substituents is 1. The van der Waals surface area contributed by atoms with E-state index in [0.717, 1.165) is 29.0 Å². The highest BCUT2D eigenvalue weighted by Crippen LogP contribution is 2.52. The molecule has 3 atom stereocenters. The highest BCUT2D eigenvalue weighted by atomic mass is 16.6. The first-order valence-corrected chi connectivity index (χ1v) is 9.12. The molecule has 2 aliphatic rings. The maximum Gasteiger partial charge on any atom is 0.269 e. The van der Waals surface area contributed by atoms with Gasteiger partial charge in [-0.1, -0.05) is 43.0 Å². The van der Waals surface area contributed by atoms with Crippen LogP contribution in [-0.4, -0.2) is 11.5 Å². The summed E-state index contributed by atoms with van der Waals surface area (Å²) in [5.41, 5.74) is 4.39. The molecule has 1 aliphatic heterocycles. The van der Waals surface area contributed by atoms with Gasteiger partial charge in [-0.2, -0.15) is 0 Å². The summed E-state index contributed by atoms with van der Waals surface area (Å²) in [6.07, 6.45) is 5.48. The summed E-state index contributed by atoms with van der Waals surface area (Å²) in [6.45, 7) is 6.33. The number of nitrogens with one attached hydrogen (secondary N) is 1. The zero-order valence-electron chi connectivity index (χ0n) is 15.2. The van der Waals surface area contributed by atoms with E-state index < -0.39 is 0 Å². The van der Waals surface area contributed by atoms with Crippen molar-refractivity contribution in [3.05, 3.63) is 88.0 Å². The third-order valence-electron chi connectivity index (χ3n) is 5.30. The van der Waals surface area contributed by atoms with Crippen molar-refractivity contribution in [3.63, 3.8) is 0 Å². The van der Waals surface area contributed by atoms with Crippen molar-refractivity contribution in [3.8, 4) is 5.75 Å². The number of nitrogens with zero attached hydrogens (tertiary/aromatic N) is 1. The number of allylic oxidation sites excluding steroid dienone is 2. The molecule has 3 unspecified atom stereocenters. The number of nitro benzene ring substituents is 1. The number of rotatable bonds is 5. The van der Waals surface area contributed by atoms with Crippen LogP contribution in [-0.2, 0) is 0 Å². The number of ether oxygens (including phenoxy) is 1. The number of anilines is 1. The van der Waals surface area contributed by atoms with Crippen LogP contribution in [0.1, 0.15) is 36.4 Å². The van der Waals surface area contributed by atoms with Crippen molar-refractivity contribution >= 4 is 11.4 Å². The summed E-state index contributed by atoms with van der Waals surface area (Å²) in [5.74, 6) is 1.52. The van der Waals surface area contributed by atoms with Crippen molar-refractivity contribution in [1.29, 1.82) is 0 Å². The quantitative estimate of drug-likeness (QED) is 0.441. The standard InChI is InChI=1S/C22H22N2O3/c1-14(2)13-27-20-8-4-7-19-17-5-3-6-18(17)21(23-22(19)20)15-9-11-16(12-10-15)24(25)26/h3-5,7-12,17-18,21,23H,1,6,13H2,2H3. The van der Waals surface area contributed by atoms with E-state index in [1.54, 1.807) is 12.1 Å². The van der Waals surface area contributed by atoms with Crippen LogP contribution in [0.4, 0.5) is 11.4 Å². The average Bonchev–Trinajstić information content (AvgIpc) is 3.15. The van der Waals surface area contributed by atoms with Crippen molar-refractivity contribution in [1.82, 2.24) is 0 Å². The Balaban J connectivity index is 1.71. The van der Waals surface area contributed by atoms with Crippen molar-refractivity contribution in [2.24, 2.45) is 5.92 Å².